The van der Waals surface area contributed by atoms with E-state index in [1.165, 1.54) is 7.11 Å². The zero-order valence-corrected chi connectivity index (χ0v) is 10.8. The van der Waals surface area contributed by atoms with Crippen molar-refractivity contribution in [2.75, 3.05) is 19.0 Å². The van der Waals surface area contributed by atoms with E-state index in [0.29, 0.717) is 5.82 Å². The van der Waals surface area contributed by atoms with Gasteiger partial charge in [-0.3, -0.25) is 0 Å². The average molecular weight is 237 g/mol. The quantitative estimate of drug-likeness (QED) is 0.794. The van der Waals surface area contributed by atoms with E-state index in [9.17, 15) is 4.79 Å². The van der Waals surface area contributed by atoms with Crippen LogP contribution >= 0.6 is 0 Å². The minimum Gasteiger partial charge on any atom is -0.464 e. The largest absolute Gasteiger partial charge is 0.464 e. The van der Waals surface area contributed by atoms with Gasteiger partial charge < -0.3 is 10.1 Å². The highest BCUT2D eigenvalue weighted by Gasteiger charge is 2.15. The van der Waals surface area contributed by atoms with Gasteiger partial charge in [0.2, 0.25) is 0 Å². The lowest BCUT2D eigenvalue weighted by Gasteiger charge is -2.22. The highest BCUT2D eigenvalue weighted by atomic mass is 16.5. The van der Waals surface area contributed by atoms with E-state index in [1.807, 2.05) is 0 Å². The number of hydrogen-bond donors (Lipinski definition) is 1. The Labute approximate surface area is 102 Å². The molecule has 0 atom stereocenters. The van der Waals surface area contributed by atoms with Crippen LogP contribution in [0.2, 0.25) is 0 Å². The first kappa shape index (κ1) is 13.4. The summed E-state index contributed by atoms with van der Waals surface area (Å²) in [6.45, 7) is 7.32. The van der Waals surface area contributed by atoms with Crippen LogP contribution in [0.5, 0.6) is 0 Å². The monoisotopic (exact) mass is 237 g/mol. The number of esters is 1. The minimum atomic E-state index is -0.474. The fourth-order valence-electron chi connectivity index (χ4n) is 1.09. The van der Waals surface area contributed by atoms with E-state index in [4.69, 9.17) is 0 Å². The molecule has 0 bridgehead atoms. The van der Waals surface area contributed by atoms with Gasteiger partial charge in [-0.2, -0.15) is 0 Å². The molecule has 0 aliphatic rings. The predicted molar refractivity (Wildman–Crippen MR) is 65.9 cm³/mol. The molecule has 0 aliphatic carbocycles. The second kappa shape index (κ2) is 5.61. The third kappa shape index (κ3) is 4.01. The molecule has 5 nitrogen and oxygen atoms in total. The van der Waals surface area contributed by atoms with Gasteiger partial charge in [0.1, 0.15) is 5.82 Å². The van der Waals surface area contributed by atoms with Gasteiger partial charge in [-0.25, -0.2) is 4.79 Å². The second-order valence-corrected chi connectivity index (χ2v) is 4.67. The smallest absolute Gasteiger partial charge is 0.358 e. The van der Waals surface area contributed by atoms with Crippen LogP contribution in [-0.2, 0) is 4.74 Å². The van der Waals surface area contributed by atoms with Crippen molar-refractivity contribution in [2.24, 2.45) is 5.41 Å². The van der Waals surface area contributed by atoms with Crippen LogP contribution in [-0.4, -0.2) is 29.8 Å². The highest BCUT2D eigenvalue weighted by Crippen LogP contribution is 2.19. The Kier molecular flexibility index (Phi) is 4.43. The third-order valence-corrected chi connectivity index (χ3v) is 2.76. The number of carbonyl (C=O) groups excluding carboxylic acids is 1. The lowest BCUT2D eigenvalue weighted by atomic mass is 9.90. The molecule has 17 heavy (non-hydrogen) atoms. The molecule has 0 fully saturated rings. The summed E-state index contributed by atoms with van der Waals surface area (Å²) in [5, 5.41) is 10.9. The number of hydrogen-bond acceptors (Lipinski definition) is 5. The maximum atomic E-state index is 11.1. The number of aromatic nitrogens is 2. The molecule has 94 valence electrons. The van der Waals surface area contributed by atoms with Crippen molar-refractivity contribution in [3.8, 4) is 0 Å². The molecule has 0 aromatic carbocycles. The van der Waals surface area contributed by atoms with Crippen molar-refractivity contribution < 1.29 is 9.53 Å². The Morgan fingerprint density at radius 1 is 1.41 bits per heavy atom. The van der Waals surface area contributed by atoms with Gasteiger partial charge in [-0.05, 0) is 24.0 Å². The van der Waals surface area contributed by atoms with E-state index in [-0.39, 0.29) is 11.1 Å². The summed E-state index contributed by atoms with van der Waals surface area (Å²) in [5.74, 6) is 0.192. The van der Waals surface area contributed by atoms with Gasteiger partial charge in [0.25, 0.3) is 0 Å². The van der Waals surface area contributed by atoms with Crippen LogP contribution in [0.25, 0.3) is 0 Å². The molecule has 0 saturated heterocycles. The predicted octanol–water partition coefficient (Wildman–Crippen LogP) is 2.11. The normalized spacial score (nSPS) is 11.1. The van der Waals surface area contributed by atoms with Crippen LogP contribution in [0, 0.1) is 5.41 Å². The number of nitrogens with one attached hydrogen (secondary N) is 1. The summed E-state index contributed by atoms with van der Waals surface area (Å²) >= 11 is 0. The Balaban J connectivity index is 2.60. The summed E-state index contributed by atoms with van der Waals surface area (Å²) in [4.78, 5) is 11.1. The Morgan fingerprint density at radius 2 is 2.12 bits per heavy atom. The van der Waals surface area contributed by atoms with E-state index in [2.05, 4.69) is 41.0 Å². The number of nitrogens with zero attached hydrogens (tertiary/aromatic N) is 2. The molecule has 1 rings (SSSR count). The Morgan fingerprint density at radius 3 is 2.59 bits per heavy atom. The van der Waals surface area contributed by atoms with Gasteiger partial charge in [0, 0.05) is 6.54 Å². The Bertz CT molecular complexity index is 374. The van der Waals surface area contributed by atoms with Gasteiger partial charge in [-0.15, -0.1) is 10.2 Å². The molecule has 1 aromatic heterocycles. The molecule has 0 spiro atoms. The van der Waals surface area contributed by atoms with Crippen molar-refractivity contribution in [3.05, 3.63) is 17.8 Å². The maximum absolute atomic E-state index is 11.1. The molecule has 1 aromatic rings. The Hall–Kier alpha value is -1.65. The maximum Gasteiger partial charge on any atom is 0.358 e. The van der Waals surface area contributed by atoms with Gasteiger partial charge >= 0.3 is 5.97 Å². The number of rotatable bonds is 5. The van der Waals surface area contributed by atoms with Crippen molar-refractivity contribution in [1.82, 2.24) is 10.2 Å². The van der Waals surface area contributed by atoms with Crippen molar-refractivity contribution in [1.29, 1.82) is 0 Å². The highest BCUT2D eigenvalue weighted by molar-refractivity contribution is 5.86. The summed E-state index contributed by atoms with van der Waals surface area (Å²) < 4.78 is 4.55. The number of anilines is 1. The van der Waals surface area contributed by atoms with Crippen LogP contribution in [0.4, 0.5) is 5.82 Å². The second-order valence-electron chi connectivity index (χ2n) is 4.67. The summed E-state index contributed by atoms with van der Waals surface area (Å²) in [5.41, 5.74) is 0.427. The van der Waals surface area contributed by atoms with E-state index < -0.39 is 5.97 Å². The summed E-state index contributed by atoms with van der Waals surface area (Å²) in [7, 11) is 1.32. The molecular weight excluding hydrogens is 218 g/mol. The summed E-state index contributed by atoms with van der Waals surface area (Å²) in [6.07, 6.45) is 1.08. The fourth-order valence-corrected chi connectivity index (χ4v) is 1.09. The number of methoxy groups -OCH3 is 1. The molecule has 0 unspecified atom stereocenters. The van der Waals surface area contributed by atoms with Crippen LogP contribution in [0.3, 0.4) is 0 Å². The average Bonchev–Trinajstić information content (AvgIpc) is 2.36. The van der Waals surface area contributed by atoms with Crippen molar-refractivity contribution >= 4 is 11.8 Å². The molecule has 1 heterocycles. The van der Waals surface area contributed by atoms with E-state index in [1.54, 1.807) is 12.1 Å². The molecule has 1 N–H and O–H groups in total. The molecule has 0 radical (unpaired) electrons. The topological polar surface area (TPSA) is 64.1 Å². The first-order chi connectivity index (χ1) is 7.98. The lowest BCUT2D eigenvalue weighted by Crippen LogP contribution is -2.22. The van der Waals surface area contributed by atoms with Gasteiger partial charge in [0.15, 0.2) is 5.69 Å². The van der Waals surface area contributed by atoms with E-state index in [0.717, 1.165) is 13.0 Å². The first-order valence-corrected chi connectivity index (χ1v) is 5.64. The third-order valence-electron chi connectivity index (χ3n) is 2.76. The standard InChI is InChI=1S/C12H19N3O2/c1-5-12(2,3)8-13-10-7-6-9(14-15-10)11(16)17-4/h6-7H,5,8H2,1-4H3,(H,13,15). The van der Waals surface area contributed by atoms with Gasteiger partial charge in [0.05, 0.1) is 7.11 Å². The van der Waals surface area contributed by atoms with Crippen molar-refractivity contribution in [3.63, 3.8) is 0 Å². The van der Waals surface area contributed by atoms with E-state index >= 15 is 0 Å². The summed E-state index contributed by atoms with van der Waals surface area (Å²) in [6, 6.07) is 3.32. The molecule has 5 heteroatoms. The van der Waals surface area contributed by atoms with Crippen LogP contribution < -0.4 is 5.32 Å². The zero-order valence-electron chi connectivity index (χ0n) is 10.8. The SMILES string of the molecule is CCC(C)(C)CNc1ccc(C(=O)OC)nn1. The lowest BCUT2D eigenvalue weighted by molar-refractivity contribution is 0.0593. The molecule has 0 aliphatic heterocycles. The van der Waals surface area contributed by atoms with Crippen LogP contribution in [0.1, 0.15) is 37.7 Å². The zero-order chi connectivity index (χ0) is 12.9. The molecule has 0 amide bonds. The number of carbonyl (C=O) groups is 1. The fraction of sp³-hybridized carbons (Fsp3) is 0.583. The van der Waals surface area contributed by atoms with Crippen LogP contribution in [0.15, 0.2) is 12.1 Å². The van der Waals surface area contributed by atoms with Crippen molar-refractivity contribution in [2.45, 2.75) is 27.2 Å². The molecular formula is C12H19N3O2. The first-order valence-electron chi connectivity index (χ1n) is 5.64. The molecule has 0 saturated carbocycles. The minimum absolute atomic E-state index is 0.211. The number of ether oxygens (including phenoxy) is 1. The van der Waals surface area contributed by atoms with Gasteiger partial charge in [-0.1, -0.05) is 20.8 Å².